The lowest BCUT2D eigenvalue weighted by molar-refractivity contribution is -0.151. The van der Waals surface area contributed by atoms with E-state index in [1.165, 1.54) is 6.92 Å². The molecule has 10 nitrogen and oxygen atoms in total. The van der Waals surface area contributed by atoms with Crippen LogP contribution in [0.2, 0.25) is 0 Å². The molecule has 160 valence electrons. The fourth-order valence-corrected chi connectivity index (χ4v) is 2.89. The third-order valence-corrected chi connectivity index (χ3v) is 4.54. The van der Waals surface area contributed by atoms with Gasteiger partial charge in [-0.25, -0.2) is 9.59 Å². The molecule has 28 heavy (non-hydrogen) atoms. The molecule has 0 saturated carbocycles. The molecule has 1 amide bonds. The minimum atomic E-state index is -0.975. The van der Waals surface area contributed by atoms with Crippen molar-refractivity contribution in [2.45, 2.75) is 32.7 Å². The average molecular weight is 420 g/mol. The van der Waals surface area contributed by atoms with Crippen LogP contribution in [0.3, 0.4) is 0 Å². The summed E-state index contributed by atoms with van der Waals surface area (Å²) >= 11 is 0.686. The summed E-state index contributed by atoms with van der Waals surface area (Å²) in [5.74, 6) is -1.58. The Morgan fingerprint density at radius 1 is 1.14 bits per heavy atom. The maximum absolute atomic E-state index is 12.2. The number of thioether (sulfide) groups is 1. The number of nitrogens with one attached hydrogen (secondary N) is 1. The molecule has 0 aromatic heterocycles. The van der Waals surface area contributed by atoms with Gasteiger partial charge in [0.1, 0.15) is 6.04 Å². The lowest BCUT2D eigenvalue weighted by Gasteiger charge is -2.26. The summed E-state index contributed by atoms with van der Waals surface area (Å²) in [4.78, 5) is 48.3. The van der Waals surface area contributed by atoms with Crippen LogP contribution in [0, 0.1) is 0 Å². The smallest absolute Gasteiger partial charge is 0.370 e. The Bertz CT molecular complexity index is 525. The van der Waals surface area contributed by atoms with Gasteiger partial charge in [-0.15, -0.1) is 0 Å². The molecule has 0 bridgehead atoms. The summed E-state index contributed by atoms with van der Waals surface area (Å²) in [5.41, 5.74) is 0. The van der Waals surface area contributed by atoms with Crippen LogP contribution in [-0.2, 0) is 33.3 Å². The first kappa shape index (κ1) is 24.2. The molecule has 0 aromatic rings. The highest BCUT2D eigenvalue weighted by atomic mass is 32.2. The van der Waals surface area contributed by atoms with Crippen molar-refractivity contribution >= 4 is 34.9 Å². The molecular weight excluding hydrogens is 392 g/mol. The molecule has 1 fully saturated rings. The summed E-state index contributed by atoms with van der Waals surface area (Å²) < 4.78 is 19.8. The standard InChI is InChI=1S/C17H28N2O8S/c1-3-15(21)26-12-27-17(23)28-11-14(18-13(2)20)16(22)25-8-4-5-19-6-9-24-10-7-19/h14H,3-12H2,1-2H3,(H,18,20)/t14-/m0/s1. The SMILES string of the molecule is CCC(=O)OCOC(=O)SC[C@H](NC(C)=O)C(=O)OCCCN1CCOCC1. The lowest BCUT2D eigenvalue weighted by Crippen LogP contribution is -2.43. The number of amides is 1. The Morgan fingerprint density at radius 2 is 1.86 bits per heavy atom. The molecular formula is C17H28N2O8S. The number of hydrogen-bond donors (Lipinski definition) is 1. The quantitative estimate of drug-likeness (QED) is 0.288. The van der Waals surface area contributed by atoms with Gasteiger partial charge in [0.05, 0.1) is 19.8 Å². The van der Waals surface area contributed by atoms with Crippen molar-refractivity contribution in [1.82, 2.24) is 10.2 Å². The molecule has 1 rings (SSSR count). The summed E-state index contributed by atoms with van der Waals surface area (Å²) in [5, 5.41) is 1.73. The largest absolute Gasteiger partial charge is 0.464 e. The van der Waals surface area contributed by atoms with Crippen LogP contribution in [-0.4, -0.2) is 86.1 Å². The van der Waals surface area contributed by atoms with Crippen LogP contribution in [0.25, 0.3) is 0 Å². The van der Waals surface area contributed by atoms with E-state index in [4.69, 9.17) is 14.2 Å². The van der Waals surface area contributed by atoms with Crippen LogP contribution in [0.4, 0.5) is 4.79 Å². The number of carbonyl (C=O) groups excluding carboxylic acids is 4. The van der Waals surface area contributed by atoms with E-state index in [2.05, 4.69) is 15.0 Å². The van der Waals surface area contributed by atoms with Gasteiger partial charge in [-0.05, 0) is 18.2 Å². The predicted octanol–water partition coefficient (Wildman–Crippen LogP) is 0.537. The highest BCUT2D eigenvalue weighted by Crippen LogP contribution is 2.09. The van der Waals surface area contributed by atoms with Gasteiger partial charge in [-0.2, -0.15) is 0 Å². The first-order valence-electron chi connectivity index (χ1n) is 9.11. The third-order valence-electron chi connectivity index (χ3n) is 3.68. The Labute approximate surface area is 168 Å². The molecule has 1 saturated heterocycles. The number of rotatable bonds is 11. The van der Waals surface area contributed by atoms with Gasteiger partial charge in [0.2, 0.25) is 12.7 Å². The zero-order chi connectivity index (χ0) is 20.8. The van der Waals surface area contributed by atoms with Crippen LogP contribution in [0.15, 0.2) is 0 Å². The molecule has 0 radical (unpaired) electrons. The van der Waals surface area contributed by atoms with Gasteiger partial charge < -0.3 is 24.3 Å². The van der Waals surface area contributed by atoms with Gasteiger partial charge in [0.15, 0.2) is 0 Å². The van der Waals surface area contributed by atoms with Gasteiger partial charge in [-0.3, -0.25) is 14.5 Å². The predicted molar refractivity (Wildman–Crippen MR) is 101 cm³/mol. The molecule has 0 aliphatic carbocycles. The highest BCUT2D eigenvalue weighted by molar-refractivity contribution is 8.13. The average Bonchev–Trinajstić information content (AvgIpc) is 2.68. The summed E-state index contributed by atoms with van der Waals surface area (Å²) in [7, 11) is 0. The fourth-order valence-electron chi connectivity index (χ4n) is 2.24. The summed E-state index contributed by atoms with van der Waals surface area (Å²) in [6.45, 7) is 6.52. The van der Waals surface area contributed by atoms with Crippen LogP contribution in [0.5, 0.6) is 0 Å². The number of ether oxygens (including phenoxy) is 4. The van der Waals surface area contributed by atoms with Crippen LogP contribution < -0.4 is 5.32 Å². The number of morpholine rings is 1. The van der Waals surface area contributed by atoms with E-state index < -0.39 is 36.0 Å². The summed E-state index contributed by atoms with van der Waals surface area (Å²) in [6.07, 6.45) is 0.836. The van der Waals surface area contributed by atoms with Gasteiger partial charge in [0, 0.05) is 38.7 Å². The highest BCUT2D eigenvalue weighted by Gasteiger charge is 2.23. The number of esters is 2. The Morgan fingerprint density at radius 3 is 2.50 bits per heavy atom. The van der Waals surface area contributed by atoms with Crippen molar-refractivity contribution in [2.24, 2.45) is 0 Å². The number of hydrogen-bond acceptors (Lipinski definition) is 10. The van der Waals surface area contributed by atoms with E-state index in [0.717, 1.165) is 19.6 Å². The second-order valence-electron chi connectivity index (χ2n) is 5.92. The number of nitrogens with zero attached hydrogens (tertiary/aromatic N) is 1. The molecule has 0 spiro atoms. The van der Waals surface area contributed by atoms with E-state index in [9.17, 15) is 19.2 Å². The molecule has 1 atom stereocenters. The number of carbonyl (C=O) groups is 4. The zero-order valence-corrected chi connectivity index (χ0v) is 17.1. The fraction of sp³-hybridized carbons (Fsp3) is 0.765. The lowest BCUT2D eigenvalue weighted by atomic mass is 10.3. The summed E-state index contributed by atoms with van der Waals surface area (Å²) in [6, 6.07) is -0.975. The van der Waals surface area contributed by atoms with Gasteiger partial charge in [0.25, 0.3) is 0 Å². The van der Waals surface area contributed by atoms with E-state index in [-0.39, 0.29) is 18.8 Å². The van der Waals surface area contributed by atoms with Gasteiger partial charge in [-0.1, -0.05) is 6.92 Å². The topological polar surface area (TPSA) is 120 Å². The van der Waals surface area contributed by atoms with E-state index in [1.54, 1.807) is 6.92 Å². The van der Waals surface area contributed by atoms with Crippen molar-refractivity contribution in [3.8, 4) is 0 Å². The Kier molecular flexibility index (Phi) is 12.3. The van der Waals surface area contributed by atoms with E-state index >= 15 is 0 Å². The molecule has 0 unspecified atom stereocenters. The zero-order valence-electron chi connectivity index (χ0n) is 16.3. The molecule has 1 heterocycles. The van der Waals surface area contributed by atoms with Crippen LogP contribution >= 0.6 is 11.8 Å². The van der Waals surface area contributed by atoms with Gasteiger partial charge >= 0.3 is 17.2 Å². The van der Waals surface area contributed by atoms with Crippen molar-refractivity contribution in [2.75, 3.05) is 52.0 Å². The second kappa shape index (κ2) is 14.2. The van der Waals surface area contributed by atoms with Crippen molar-refractivity contribution in [3.05, 3.63) is 0 Å². The van der Waals surface area contributed by atoms with Crippen molar-refractivity contribution in [3.63, 3.8) is 0 Å². The Balaban J connectivity index is 2.28. The monoisotopic (exact) mass is 420 g/mol. The first-order valence-corrected chi connectivity index (χ1v) is 10.1. The minimum absolute atomic E-state index is 0.0531. The third kappa shape index (κ3) is 11.1. The second-order valence-corrected chi connectivity index (χ2v) is 6.88. The molecule has 1 aliphatic heterocycles. The van der Waals surface area contributed by atoms with Crippen molar-refractivity contribution < 1.29 is 38.1 Å². The maximum atomic E-state index is 12.2. The van der Waals surface area contributed by atoms with Crippen molar-refractivity contribution in [1.29, 1.82) is 0 Å². The van der Waals surface area contributed by atoms with E-state index in [1.807, 2.05) is 0 Å². The molecule has 11 heteroatoms. The Hall–Kier alpha value is -1.85. The first-order chi connectivity index (χ1) is 13.4. The molecule has 1 aliphatic rings. The van der Waals surface area contributed by atoms with E-state index in [0.29, 0.717) is 31.4 Å². The van der Waals surface area contributed by atoms with Crippen LogP contribution in [0.1, 0.15) is 26.7 Å². The normalized spacial score (nSPS) is 15.4. The molecule has 1 N–H and O–H groups in total. The molecule has 0 aromatic carbocycles. The minimum Gasteiger partial charge on any atom is -0.464 e. The maximum Gasteiger partial charge on any atom is 0.370 e.